The van der Waals surface area contributed by atoms with Gasteiger partial charge in [-0.25, -0.2) is 4.79 Å². The summed E-state index contributed by atoms with van der Waals surface area (Å²) >= 11 is 6.45. The Hall–Kier alpha value is -1.66. The highest BCUT2D eigenvalue weighted by molar-refractivity contribution is 8.26. The standard InChI is InChI=1S/C18H21NO3S2/c1-11(16(21)22-5)19-15(20)14(24-17(19)23)10-12-6-8-13(9-7-12)18(2,3)4/h6-11H,1-5H3/b14-10-. The third-order valence-corrected chi connectivity index (χ3v) is 5.16. The lowest BCUT2D eigenvalue weighted by molar-refractivity contribution is -0.147. The minimum atomic E-state index is -0.725. The third kappa shape index (κ3) is 3.87. The maximum absolute atomic E-state index is 12.5. The molecule has 1 aromatic rings. The molecule has 2 rings (SSSR count). The Morgan fingerprint density at radius 1 is 1.29 bits per heavy atom. The third-order valence-electron chi connectivity index (χ3n) is 3.83. The first kappa shape index (κ1) is 18.7. The van der Waals surface area contributed by atoms with Crippen LogP contribution in [-0.2, 0) is 19.7 Å². The molecule has 1 aromatic carbocycles. The van der Waals surface area contributed by atoms with Gasteiger partial charge in [-0.3, -0.25) is 9.69 Å². The van der Waals surface area contributed by atoms with Crippen LogP contribution in [0.3, 0.4) is 0 Å². The minimum Gasteiger partial charge on any atom is -0.467 e. The van der Waals surface area contributed by atoms with Crippen molar-refractivity contribution < 1.29 is 14.3 Å². The average molecular weight is 364 g/mol. The van der Waals surface area contributed by atoms with Crippen LogP contribution in [0.5, 0.6) is 0 Å². The minimum absolute atomic E-state index is 0.0813. The number of amides is 1. The monoisotopic (exact) mass is 363 g/mol. The van der Waals surface area contributed by atoms with Crippen molar-refractivity contribution in [2.75, 3.05) is 7.11 Å². The first-order chi connectivity index (χ1) is 11.1. The molecule has 128 valence electrons. The average Bonchev–Trinajstić information content (AvgIpc) is 2.79. The molecule has 1 amide bonds. The van der Waals surface area contributed by atoms with E-state index in [9.17, 15) is 9.59 Å². The Morgan fingerprint density at radius 2 is 1.88 bits per heavy atom. The number of carbonyl (C=O) groups excluding carboxylic acids is 2. The maximum Gasteiger partial charge on any atom is 0.328 e. The van der Waals surface area contributed by atoms with Crippen LogP contribution >= 0.6 is 24.0 Å². The zero-order valence-corrected chi connectivity index (χ0v) is 16.1. The van der Waals surface area contributed by atoms with Crippen LogP contribution in [0.25, 0.3) is 6.08 Å². The van der Waals surface area contributed by atoms with Crippen molar-refractivity contribution in [1.82, 2.24) is 4.90 Å². The van der Waals surface area contributed by atoms with E-state index in [4.69, 9.17) is 17.0 Å². The molecule has 1 unspecified atom stereocenters. The molecule has 0 saturated carbocycles. The van der Waals surface area contributed by atoms with E-state index >= 15 is 0 Å². The largest absolute Gasteiger partial charge is 0.467 e. The molecular formula is C18H21NO3S2. The fraction of sp³-hybridized carbons (Fsp3) is 0.389. The van der Waals surface area contributed by atoms with E-state index in [-0.39, 0.29) is 11.3 Å². The molecule has 1 atom stereocenters. The molecule has 0 bridgehead atoms. The number of thiocarbonyl (C=S) groups is 1. The summed E-state index contributed by atoms with van der Waals surface area (Å²) in [5.41, 5.74) is 2.23. The Balaban J connectivity index is 2.24. The zero-order chi connectivity index (χ0) is 18.1. The van der Waals surface area contributed by atoms with E-state index < -0.39 is 12.0 Å². The highest BCUT2D eigenvalue weighted by atomic mass is 32.2. The number of hydrogen-bond donors (Lipinski definition) is 0. The fourth-order valence-corrected chi connectivity index (χ4v) is 3.74. The van der Waals surface area contributed by atoms with E-state index in [1.807, 2.05) is 12.1 Å². The molecule has 0 aromatic heterocycles. The molecule has 4 nitrogen and oxygen atoms in total. The van der Waals surface area contributed by atoms with Gasteiger partial charge in [0.2, 0.25) is 0 Å². The van der Waals surface area contributed by atoms with Gasteiger partial charge in [0.05, 0.1) is 12.0 Å². The van der Waals surface area contributed by atoms with Crippen molar-refractivity contribution in [2.45, 2.75) is 39.2 Å². The van der Waals surface area contributed by atoms with Crippen molar-refractivity contribution in [3.8, 4) is 0 Å². The van der Waals surface area contributed by atoms with Crippen LogP contribution in [0.15, 0.2) is 29.2 Å². The van der Waals surface area contributed by atoms with Crippen molar-refractivity contribution in [3.05, 3.63) is 40.3 Å². The Morgan fingerprint density at radius 3 is 2.38 bits per heavy atom. The van der Waals surface area contributed by atoms with Gasteiger partial charge in [-0.05, 0) is 29.5 Å². The maximum atomic E-state index is 12.5. The summed E-state index contributed by atoms with van der Waals surface area (Å²) in [6.45, 7) is 8.07. The van der Waals surface area contributed by atoms with Crippen LogP contribution in [0, 0.1) is 0 Å². The Kier molecular flexibility index (Phi) is 5.50. The summed E-state index contributed by atoms with van der Waals surface area (Å²) in [5, 5.41) is 0. The molecule has 1 fully saturated rings. The number of rotatable bonds is 3. The molecule has 1 saturated heterocycles. The predicted molar refractivity (Wildman–Crippen MR) is 102 cm³/mol. The number of benzene rings is 1. The Bertz CT molecular complexity index is 702. The van der Waals surface area contributed by atoms with Crippen molar-refractivity contribution in [3.63, 3.8) is 0 Å². The van der Waals surface area contributed by atoms with Crippen molar-refractivity contribution in [1.29, 1.82) is 0 Å². The molecule has 1 aliphatic rings. The number of hydrogen-bond acceptors (Lipinski definition) is 5. The van der Waals surface area contributed by atoms with E-state index in [2.05, 4.69) is 32.9 Å². The Labute approximate surface area is 152 Å². The highest BCUT2D eigenvalue weighted by Gasteiger charge is 2.38. The molecule has 6 heteroatoms. The van der Waals surface area contributed by atoms with Gasteiger partial charge in [-0.2, -0.15) is 0 Å². The van der Waals surface area contributed by atoms with Crippen LogP contribution < -0.4 is 0 Å². The van der Waals surface area contributed by atoms with E-state index in [1.165, 1.54) is 29.3 Å². The van der Waals surface area contributed by atoms with Crippen molar-refractivity contribution >= 4 is 46.3 Å². The number of carbonyl (C=O) groups is 2. The summed E-state index contributed by atoms with van der Waals surface area (Å²) < 4.78 is 5.07. The van der Waals surface area contributed by atoms with Gasteiger partial charge < -0.3 is 4.74 Å². The van der Waals surface area contributed by atoms with Crippen molar-refractivity contribution in [2.24, 2.45) is 0 Å². The summed E-state index contributed by atoms with van der Waals surface area (Å²) in [6, 6.07) is 7.36. The van der Waals surface area contributed by atoms with Gasteiger partial charge in [0.25, 0.3) is 5.91 Å². The van der Waals surface area contributed by atoms with Gasteiger partial charge in [0.15, 0.2) is 0 Å². The van der Waals surface area contributed by atoms with Crippen LogP contribution in [0.1, 0.15) is 38.8 Å². The second-order valence-electron chi connectivity index (χ2n) is 6.62. The molecular weight excluding hydrogens is 342 g/mol. The second kappa shape index (κ2) is 7.07. The molecule has 0 aliphatic carbocycles. The summed E-state index contributed by atoms with van der Waals surface area (Å²) in [4.78, 5) is 26.1. The van der Waals surface area contributed by atoms with E-state index in [1.54, 1.807) is 13.0 Å². The molecule has 0 spiro atoms. The smallest absolute Gasteiger partial charge is 0.328 e. The zero-order valence-electron chi connectivity index (χ0n) is 14.5. The number of methoxy groups -OCH3 is 1. The number of esters is 1. The van der Waals surface area contributed by atoms with Crippen LogP contribution in [0.2, 0.25) is 0 Å². The molecule has 1 heterocycles. The van der Waals surface area contributed by atoms with Gasteiger partial charge in [0.1, 0.15) is 10.4 Å². The molecule has 24 heavy (non-hydrogen) atoms. The van der Waals surface area contributed by atoms with Crippen LogP contribution in [0.4, 0.5) is 0 Å². The SMILES string of the molecule is COC(=O)C(C)N1C(=O)/C(=C/c2ccc(C(C)(C)C)cc2)SC1=S. The quantitative estimate of drug-likeness (QED) is 0.465. The molecule has 0 N–H and O–H groups in total. The fourth-order valence-electron chi connectivity index (χ4n) is 2.32. The van der Waals surface area contributed by atoms with Gasteiger partial charge >= 0.3 is 5.97 Å². The van der Waals surface area contributed by atoms with Crippen LogP contribution in [-0.4, -0.2) is 34.2 Å². The van der Waals surface area contributed by atoms with Gasteiger partial charge in [-0.15, -0.1) is 0 Å². The predicted octanol–water partition coefficient (Wildman–Crippen LogP) is 3.75. The number of thioether (sulfide) groups is 1. The number of ether oxygens (including phenoxy) is 1. The lowest BCUT2D eigenvalue weighted by atomic mass is 9.87. The lowest BCUT2D eigenvalue weighted by Crippen LogP contribution is -2.42. The van der Waals surface area contributed by atoms with Gasteiger partial charge in [-0.1, -0.05) is 69.0 Å². The van der Waals surface area contributed by atoms with E-state index in [0.717, 1.165) is 5.56 Å². The summed E-state index contributed by atoms with van der Waals surface area (Å²) in [5.74, 6) is -0.745. The molecule has 1 aliphatic heterocycles. The normalized spacial score (nSPS) is 18.2. The molecule has 0 radical (unpaired) electrons. The first-order valence-electron chi connectivity index (χ1n) is 7.60. The van der Waals surface area contributed by atoms with E-state index in [0.29, 0.717) is 9.23 Å². The van der Waals surface area contributed by atoms with Gasteiger partial charge in [0, 0.05) is 0 Å². The topological polar surface area (TPSA) is 46.6 Å². The number of nitrogens with zero attached hydrogens (tertiary/aromatic N) is 1. The first-order valence-corrected chi connectivity index (χ1v) is 8.83. The summed E-state index contributed by atoms with van der Waals surface area (Å²) in [7, 11) is 1.29. The summed E-state index contributed by atoms with van der Waals surface area (Å²) in [6.07, 6.45) is 1.80. The highest BCUT2D eigenvalue weighted by Crippen LogP contribution is 2.34. The lowest BCUT2D eigenvalue weighted by Gasteiger charge is -2.20. The second-order valence-corrected chi connectivity index (χ2v) is 8.30.